The first-order chi connectivity index (χ1) is 12.6. The smallest absolute Gasteiger partial charge is 0.312 e. The minimum Gasteiger partial charge on any atom is -0.493 e. The first-order valence-electron chi connectivity index (χ1n) is 8.32. The number of hydrogen-bond donors (Lipinski definition) is 1. The maximum absolute atomic E-state index is 12.4. The molecule has 0 radical (unpaired) electrons. The molecule has 7 heteroatoms. The first-order valence-corrected chi connectivity index (χ1v) is 8.32. The zero-order valence-electron chi connectivity index (χ0n) is 14.8. The highest BCUT2D eigenvalue weighted by Gasteiger charge is 2.26. The van der Waals surface area contributed by atoms with Crippen LogP contribution in [0.5, 0.6) is 11.5 Å². The van der Waals surface area contributed by atoms with Gasteiger partial charge in [0.25, 0.3) is 0 Å². The highest BCUT2D eigenvalue weighted by molar-refractivity contribution is 6.34. The highest BCUT2D eigenvalue weighted by Crippen LogP contribution is 2.33. The quantitative estimate of drug-likeness (QED) is 0.836. The highest BCUT2D eigenvalue weighted by atomic mass is 16.5. The van der Waals surface area contributed by atoms with E-state index >= 15 is 0 Å². The molecule has 0 atom stereocenters. The number of carbonyl (C=O) groups is 2. The molecule has 0 fully saturated rings. The number of benzene rings is 1. The average molecular weight is 355 g/mol. The van der Waals surface area contributed by atoms with Gasteiger partial charge in [-0.1, -0.05) is 6.07 Å². The van der Waals surface area contributed by atoms with Gasteiger partial charge in [-0.25, -0.2) is 0 Å². The van der Waals surface area contributed by atoms with Crippen molar-refractivity contribution >= 4 is 11.8 Å². The van der Waals surface area contributed by atoms with Crippen molar-refractivity contribution in [3.05, 3.63) is 53.3 Å². The average Bonchev–Trinajstić information content (AvgIpc) is 2.70. The molecule has 1 N–H and O–H groups in total. The van der Waals surface area contributed by atoms with Crippen LogP contribution in [0.3, 0.4) is 0 Å². The minimum atomic E-state index is -0.613. The van der Waals surface area contributed by atoms with Crippen LogP contribution in [0.25, 0.3) is 0 Å². The number of amides is 2. The maximum atomic E-state index is 12.4. The molecular weight excluding hydrogens is 334 g/mol. The molecule has 7 nitrogen and oxygen atoms in total. The van der Waals surface area contributed by atoms with Gasteiger partial charge in [-0.15, -0.1) is 0 Å². The molecule has 3 rings (SSSR count). The van der Waals surface area contributed by atoms with E-state index in [2.05, 4.69) is 10.3 Å². The molecule has 0 unspecified atom stereocenters. The summed E-state index contributed by atoms with van der Waals surface area (Å²) in [6, 6.07) is 7.42. The van der Waals surface area contributed by atoms with Gasteiger partial charge in [0.15, 0.2) is 11.5 Å². The van der Waals surface area contributed by atoms with Crippen molar-refractivity contribution in [2.75, 3.05) is 20.8 Å². The van der Waals surface area contributed by atoms with E-state index in [1.54, 1.807) is 37.6 Å². The Morgan fingerprint density at radius 1 is 1.19 bits per heavy atom. The Morgan fingerprint density at radius 2 is 1.92 bits per heavy atom. The summed E-state index contributed by atoms with van der Waals surface area (Å²) in [5, 5.41) is 2.65. The number of ether oxygens (including phenoxy) is 2. The molecule has 0 spiro atoms. The van der Waals surface area contributed by atoms with Gasteiger partial charge in [0.05, 0.1) is 14.2 Å². The van der Waals surface area contributed by atoms with E-state index in [4.69, 9.17) is 9.47 Å². The lowest BCUT2D eigenvalue weighted by molar-refractivity contribution is -0.146. The van der Waals surface area contributed by atoms with Crippen LogP contribution in [0, 0.1) is 0 Å². The Balaban J connectivity index is 1.65. The lowest BCUT2D eigenvalue weighted by atomic mass is 9.98. The third-order valence-electron chi connectivity index (χ3n) is 4.38. The van der Waals surface area contributed by atoms with Gasteiger partial charge >= 0.3 is 11.8 Å². The van der Waals surface area contributed by atoms with Crippen LogP contribution in [0.15, 0.2) is 36.7 Å². The Morgan fingerprint density at radius 3 is 2.58 bits per heavy atom. The Hall–Kier alpha value is -3.09. The summed E-state index contributed by atoms with van der Waals surface area (Å²) < 4.78 is 10.6. The monoisotopic (exact) mass is 355 g/mol. The van der Waals surface area contributed by atoms with E-state index in [9.17, 15) is 9.59 Å². The van der Waals surface area contributed by atoms with E-state index < -0.39 is 11.8 Å². The summed E-state index contributed by atoms with van der Waals surface area (Å²) in [4.78, 5) is 30.2. The lowest BCUT2D eigenvalue weighted by Crippen LogP contribution is -2.44. The predicted molar refractivity (Wildman–Crippen MR) is 94.8 cm³/mol. The molecule has 136 valence electrons. The van der Waals surface area contributed by atoms with Crippen LogP contribution in [0.2, 0.25) is 0 Å². The number of hydrogen-bond acceptors (Lipinski definition) is 5. The molecule has 0 bridgehead atoms. The van der Waals surface area contributed by atoms with Gasteiger partial charge in [-0.05, 0) is 41.3 Å². The van der Waals surface area contributed by atoms with Crippen LogP contribution in [0.1, 0.15) is 16.7 Å². The summed E-state index contributed by atoms with van der Waals surface area (Å²) in [6.07, 6.45) is 3.98. The topological polar surface area (TPSA) is 80.8 Å². The van der Waals surface area contributed by atoms with E-state index in [1.807, 2.05) is 18.2 Å². The molecule has 2 amide bonds. The fourth-order valence-corrected chi connectivity index (χ4v) is 2.96. The number of nitrogens with one attached hydrogen (secondary N) is 1. The summed E-state index contributed by atoms with van der Waals surface area (Å²) in [5.41, 5.74) is 2.90. The van der Waals surface area contributed by atoms with Crippen LogP contribution in [-0.2, 0) is 29.1 Å². The normalized spacial score (nSPS) is 12.9. The van der Waals surface area contributed by atoms with E-state index in [1.165, 1.54) is 0 Å². The SMILES string of the molecule is COc1cc2c(cc1OC)CN(C(=O)C(=O)NCc1cccnc1)CC2. The molecule has 2 heterocycles. The third kappa shape index (κ3) is 3.77. The van der Waals surface area contributed by atoms with E-state index in [-0.39, 0.29) is 6.54 Å². The maximum Gasteiger partial charge on any atom is 0.312 e. The number of aromatic nitrogens is 1. The van der Waals surface area contributed by atoms with Crippen LogP contribution >= 0.6 is 0 Å². The number of fused-ring (bicyclic) bond motifs is 1. The molecule has 1 aromatic carbocycles. The predicted octanol–water partition coefficient (Wildman–Crippen LogP) is 1.30. The zero-order valence-corrected chi connectivity index (χ0v) is 14.8. The number of nitrogens with zero attached hydrogens (tertiary/aromatic N) is 2. The number of carbonyl (C=O) groups excluding carboxylic acids is 2. The number of methoxy groups -OCH3 is 2. The Labute approximate surface area is 151 Å². The molecule has 1 aliphatic heterocycles. The van der Waals surface area contributed by atoms with Crippen molar-refractivity contribution in [2.45, 2.75) is 19.5 Å². The Kier molecular flexibility index (Phi) is 5.36. The van der Waals surface area contributed by atoms with Crippen molar-refractivity contribution in [3.8, 4) is 11.5 Å². The second-order valence-electron chi connectivity index (χ2n) is 6.00. The molecule has 0 saturated heterocycles. The van der Waals surface area contributed by atoms with Crippen LogP contribution in [0.4, 0.5) is 0 Å². The van der Waals surface area contributed by atoms with Crippen LogP contribution < -0.4 is 14.8 Å². The van der Waals surface area contributed by atoms with E-state index in [0.29, 0.717) is 31.0 Å². The largest absolute Gasteiger partial charge is 0.493 e. The van der Waals surface area contributed by atoms with Gasteiger partial charge in [-0.3, -0.25) is 14.6 Å². The van der Waals surface area contributed by atoms with Gasteiger partial charge < -0.3 is 19.7 Å². The Bertz CT molecular complexity index is 808. The molecule has 0 saturated carbocycles. The number of pyridine rings is 1. The summed E-state index contributed by atoms with van der Waals surface area (Å²) in [5.74, 6) is 0.133. The fourth-order valence-electron chi connectivity index (χ4n) is 2.96. The second kappa shape index (κ2) is 7.86. The standard InChI is InChI=1S/C19H21N3O4/c1-25-16-8-14-5-7-22(12-15(14)9-17(16)26-2)19(24)18(23)21-11-13-4-3-6-20-10-13/h3-4,6,8-10H,5,7,11-12H2,1-2H3,(H,21,23). The zero-order chi connectivity index (χ0) is 18.5. The van der Waals surface area contributed by atoms with E-state index in [0.717, 1.165) is 16.7 Å². The molecule has 26 heavy (non-hydrogen) atoms. The van der Waals surface area contributed by atoms with Crippen molar-refractivity contribution in [1.29, 1.82) is 0 Å². The molecule has 0 aliphatic carbocycles. The van der Waals surface area contributed by atoms with Gasteiger partial charge in [0.2, 0.25) is 0 Å². The lowest BCUT2D eigenvalue weighted by Gasteiger charge is -2.29. The third-order valence-corrected chi connectivity index (χ3v) is 4.38. The van der Waals surface area contributed by atoms with Gasteiger partial charge in [0.1, 0.15) is 0 Å². The van der Waals surface area contributed by atoms with Gasteiger partial charge in [0, 0.05) is 32.0 Å². The van der Waals surface area contributed by atoms with Gasteiger partial charge in [-0.2, -0.15) is 0 Å². The minimum absolute atomic E-state index is 0.272. The molecule has 1 aromatic heterocycles. The van der Waals surface area contributed by atoms with Crippen molar-refractivity contribution in [1.82, 2.24) is 15.2 Å². The summed E-state index contributed by atoms with van der Waals surface area (Å²) in [6.45, 7) is 1.13. The fraction of sp³-hybridized carbons (Fsp3) is 0.316. The number of rotatable bonds is 4. The van der Waals surface area contributed by atoms with Crippen LogP contribution in [-0.4, -0.2) is 42.5 Å². The van der Waals surface area contributed by atoms with Crippen molar-refractivity contribution in [2.24, 2.45) is 0 Å². The first kappa shape index (κ1) is 17.7. The van der Waals surface area contributed by atoms with Crippen molar-refractivity contribution < 1.29 is 19.1 Å². The summed E-state index contributed by atoms with van der Waals surface area (Å²) in [7, 11) is 3.16. The molecule has 1 aliphatic rings. The summed E-state index contributed by atoms with van der Waals surface area (Å²) >= 11 is 0. The van der Waals surface area contributed by atoms with Crippen molar-refractivity contribution in [3.63, 3.8) is 0 Å². The molecular formula is C19H21N3O4. The molecule has 2 aromatic rings. The second-order valence-corrected chi connectivity index (χ2v) is 6.00.